The summed E-state index contributed by atoms with van der Waals surface area (Å²) in [5.74, 6) is 0.661. The molecule has 3 unspecified atom stereocenters. The monoisotopic (exact) mass is 294 g/mol. The van der Waals surface area contributed by atoms with Crippen LogP contribution in [0.2, 0.25) is 0 Å². The van der Waals surface area contributed by atoms with Gasteiger partial charge in [0, 0.05) is 15.7 Å². The number of hydrogen-bond donors (Lipinski definition) is 2. The fourth-order valence-electron chi connectivity index (χ4n) is 3.31. The zero-order valence-corrected chi connectivity index (χ0v) is 13.6. The van der Waals surface area contributed by atoms with Crippen LogP contribution >= 0.6 is 11.3 Å². The maximum atomic E-state index is 12.5. The second kappa shape index (κ2) is 6.72. The minimum atomic E-state index is 0.0906. The van der Waals surface area contributed by atoms with E-state index in [0.29, 0.717) is 12.5 Å². The molecule has 1 aromatic rings. The standard InChI is InChI=1S/C16H26N2OS/c1-10-8-15(12(3)20-10)11(2)18-16(19)14-7-5-4-6-13(14)9-17/h8,11,13-14H,4-7,9,17H2,1-3H3,(H,18,19). The first kappa shape index (κ1) is 15.5. The molecule has 0 saturated heterocycles. The van der Waals surface area contributed by atoms with Gasteiger partial charge in [-0.05, 0) is 57.7 Å². The van der Waals surface area contributed by atoms with E-state index in [1.54, 1.807) is 11.3 Å². The van der Waals surface area contributed by atoms with Crippen LogP contribution in [-0.4, -0.2) is 12.5 Å². The Morgan fingerprint density at radius 2 is 2.15 bits per heavy atom. The van der Waals surface area contributed by atoms with Crippen LogP contribution in [0.5, 0.6) is 0 Å². The van der Waals surface area contributed by atoms with E-state index in [9.17, 15) is 4.79 Å². The predicted octanol–water partition coefficient (Wildman–Crippen LogP) is 3.31. The summed E-state index contributed by atoms with van der Waals surface area (Å²) < 4.78 is 0. The van der Waals surface area contributed by atoms with Gasteiger partial charge in [0.05, 0.1) is 6.04 Å². The van der Waals surface area contributed by atoms with E-state index in [1.165, 1.54) is 21.7 Å². The molecule has 1 aliphatic rings. The molecule has 1 fully saturated rings. The summed E-state index contributed by atoms with van der Waals surface area (Å²) >= 11 is 1.79. The normalized spacial score (nSPS) is 24.4. The number of carbonyl (C=O) groups is 1. The second-order valence-corrected chi connectivity index (χ2v) is 7.45. The maximum absolute atomic E-state index is 12.5. The van der Waals surface area contributed by atoms with Crippen LogP contribution in [0.25, 0.3) is 0 Å². The first-order valence-electron chi connectivity index (χ1n) is 7.60. The van der Waals surface area contributed by atoms with Crippen LogP contribution in [0.3, 0.4) is 0 Å². The Kier molecular flexibility index (Phi) is 5.22. The first-order valence-corrected chi connectivity index (χ1v) is 8.42. The summed E-state index contributed by atoms with van der Waals surface area (Å²) in [6, 6.07) is 2.28. The summed E-state index contributed by atoms with van der Waals surface area (Å²) in [6.45, 7) is 6.94. The van der Waals surface area contributed by atoms with Crippen molar-refractivity contribution in [3.63, 3.8) is 0 Å². The second-order valence-electron chi connectivity index (χ2n) is 5.99. The number of nitrogens with one attached hydrogen (secondary N) is 1. The van der Waals surface area contributed by atoms with Crippen molar-refractivity contribution in [2.45, 2.75) is 52.5 Å². The van der Waals surface area contributed by atoms with Gasteiger partial charge < -0.3 is 11.1 Å². The molecular formula is C16H26N2OS. The van der Waals surface area contributed by atoms with Crippen molar-refractivity contribution in [3.8, 4) is 0 Å². The molecule has 4 heteroatoms. The summed E-state index contributed by atoms with van der Waals surface area (Å²) in [4.78, 5) is 15.1. The largest absolute Gasteiger partial charge is 0.349 e. The third-order valence-corrected chi connectivity index (χ3v) is 5.43. The highest BCUT2D eigenvalue weighted by molar-refractivity contribution is 7.12. The molecule has 1 amide bonds. The third kappa shape index (κ3) is 3.41. The van der Waals surface area contributed by atoms with E-state index in [1.807, 2.05) is 0 Å². The predicted molar refractivity (Wildman–Crippen MR) is 84.9 cm³/mol. The summed E-state index contributed by atoms with van der Waals surface area (Å²) in [5.41, 5.74) is 7.07. The molecule has 1 aliphatic carbocycles. The molecule has 0 aromatic carbocycles. The van der Waals surface area contributed by atoms with Crippen LogP contribution in [0.1, 0.15) is 54.0 Å². The Bertz CT molecular complexity index is 469. The van der Waals surface area contributed by atoms with Gasteiger partial charge in [-0.3, -0.25) is 4.79 Å². The van der Waals surface area contributed by atoms with E-state index in [-0.39, 0.29) is 17.9 Å². The quantitative estimate of drug-likeness (QED) is 0.895. The lowest BCUT2D eigenvalue weighted by Gasteiger charge is -2.30. The Hall–Kier alpha value is -0.870. The van der Waals surface area contributed by atoms with Crippen molar-refractivity contribution in [3.05, 3.63) is 21.4 Å². The fraction of sp³-hybridized carbons (Fsp3) is 0.688. The fourth-order valence-corrected chi connectivity index (χ4v) is 4.34. The highest BCUT2D eigenvalue weighted by atomic mass is 32.1. The third-order valence-electron chi connectivity index (χ3n) is 4.45. The lowest BCUT2D eigenvalue weighted by Crippen LogP contribution is -2.40. The van der Waals surface area contributed by atoms with Gasteiger partial charge in [0.25, 0.3) is 0 Å². The molecule has 0 radical (unpaired) electrons. The summed E-state index contributed by atoms with van der Waals surface area (Å²) in [7, 11) is 0. The summed E-state index contributed by atoms with van der Waals surface area (Å²) in [6.07, 6.45) is 4.45. The highest BCUT2D eigenvalue weighted by Crippen LogP contribution is 2.31. The average molecular weight is 294 g/mol. The molecule has 20 heavy (non-hydrogen) atoms. The SMILES string of the molecule is Cc1cc(C(C)NC(=O)C2CCCCC2CN)c(C)s1. The lowest BCUT2D eigenvalue weighted by molar-refractivity contribution is -0.128. The Morgan fingerprint density at radius 3 is 2.75 bits per heavy atom. The van der Waals surface area contributed by atoms with E-state index in [4.69, 9.17) is 5.73 Å². The van der Waals surface area contributed by atoms with Gasteiger partial charge in [-0.2, -0.15) is 0 Å². The Morgan fingerprint density at radius 1 is 1.45 bits per heavy atom. The molecule has 2 rings (SSSR count). The van der Waals surface area contributed by atoms with Crippen molar-refractivity contribution < 1.29 is 4.79 Å². The lowest BCUT2D eigenvalue weighted by atomic mass is 9.78. The molecule has 1 aromatic heterocycles. The number of nitrogens with two attached hydrogens (primary N) is 1. The average Bonchev–Trinajstić information content (AvgIpc) is 2.77. The zero-order valence-electron chi connectivity index (χ0n) is 12.7. The minimum absolute atomic E-state index is 0.0906. The Balaban J connectivity index is 2.01. The topological polar surface area (TPSA) is 55.1 Å². The first-order chi connectivity index (χ1) is 9.52. The van der Waals surface area contributed by atoms with Crippen molar-refractivity contribution >= 4 is 17.2 Å². The number of aryl methyl sites for hydroxylation is 2. The van der Waals surface area contributed by atoms with Gasteiger partial charge in [-0.25, -0.2) is 0 Å². The molecular weight excluding hydrogens is 268 g/mol. The van der Waals surface area contributed by atoms with Gasteiger partial charge in [-0.1, -0.05) is 12.8 Å². The van der Waals surface area contributed by atoms with Crippen LogP contribution in [0, 0.1) is 25.7 Å². The van der Waals surface area contributed by atoms with Gasteiger partial charge in [0.2, 0.25) is 5.91 Å². The van der Waals surface area contributed by atoms with Gasteiger partial charge in [-0.15, -0.1) is 11.3 Å². The van der Waals surface area contributed by atoms with Gasteiger partial charge in [0.15, 0.2) is 0 Å². The van der Waals surface area contributed by atoms with Crippen molar-refractivity contribution in [2.75, 3.05) is 6.54 Å². The van der Waals surface area contributed by atoms with Gasteiger partial charge >= 0.3 is 0 Å². The van der Waals surface area contributed by atoms with Gasteiger partial charge in [0.1, 0.15) is 0 Å². The molecule has 1 heterocycles. The van der Waals surface area contributed by atoms with E-state index >= 15 is 0 Å². The maximum Gasteiger partial charge on any atom is 0.223 e. The van der Waals surface area contributed by atoms with Crippen LogP contribution in [0.4, 0.5) is 0 Å². The van der Waals surface area contributed by atoms with E-state index in [0.717, 1.165) is 19.3 Å². The summed E-state index contributed by atoms with van der Waals surface area (Å²) in [5, 5.41) is 3.20. The van der Waals surface area contributed by atoms with E-state index in [2.05, 4.69) is 32.2 Å². The minimum Gasteiger partial charge on any atom is -0.349 e. The molecule has 112 valence electrons. The van der Waals surface area contributed by atoms with Crippen LogP contribution in [0.15, 0.2) is 6.07 Å². The molecule has 0 spiro atoms. The van der Waals surface area contributed by atoms with Crippen molar-refractivity contribution in [2.24, 2.45) is 17.6 Å². The number of rotatable bonds is 4. The van der Waals surface area contributed by atoms with E-state index < -0.39 is 0 Å². The molecule has 0 bridgehead atoms. The number of amides is 1. The Labute approximate surface area is 125 Å². The molecule has 3 atom stereocenters. The van der Waals surface area contributed by atoms with Crippen molar-refractivity contribution in [1.82, 2.24) is 5.32 Å². The number of carbonyl (C=O) groups excluding carboxylic acids is 1. The zero-order chi connectivity index (χ0) is 14.7. The smallest absolute Gasteiger partial charge is 0.223 e. The molecule has 3 nitrogen and oxygen atoms in total. The van der Waals surface area contributed by atoms with Crippen LogP contribution in [-0.2, 0) is 4.79 Å². The van der Waals surface area contributed by atoms with Crippen LogP contribution < -0.4 is 11.1 Å². The molecule has 0 aliphatic heterocycles. The van der Waals surface area contributed by atoms with Crippen molar-refractivity contribution in [1.29, 1.82) is 0 Å². The number of thiophene rings is 1. The highest BCUT2D eigenvalue weighted by Gasteiger charge is 2.30. The number of hydrogen-bond acceptors (Lipinski definition) is 3. The molecule has 3 N–H and O–H groups in total. The molecule has 1 saturated carbocycles.